The van der Waals surface area contributed by atoms with Gasteiger partial charge in [-0.15, -0.1) is 0 Å². The number of halogens is 1. The third kappa shape index (κ3) is 4.32. The van der Waals surface area contributed by atoms with E-state index in [1.54, 1.807) is 31.2 Å². The summed E-state index contributed by atoms with van der Waals surface area (Å²) >= 11 is 5.81. The monoisotopic (exact) mass is 355 g/mol. The molecule has 0 aliphatic heterocycles. The van der Waals surface area contributed by atoms with Crippen LogP contribution in [0.5, 0.6) is 11.5 Å². The molecule has 23 heavy (non-hydrogen) atoms. The molecule has 0 bridgehead atoms. The quantitative estimate of drug-likeness (QED) is 0.429. The second kappa shape index (κ2) is 7.13. The van der Waals surface area contributed by atoms with Crippen LogP contribution in [0.25, 0.3) is 0 Å². The molecule has 0 aliphatic carbocycles. The molecule has 0 spiro atoms. The highest BCUT2D eigenvalue weighted by Crippen LogP contribution is 2.45. The predicted molar refractivity (Wildman–Crippen MR) is 89.4 cm³/mol. The lowest BCUT2D eigenvalue weighted by Gasteiger charge is -2.14. The first kappa shape index (κ1) is 17.5. The maximum atomic E-state index is 12.6. The van der Waals surface area contributed by atoms with Crippen molar-refractivity contribution in [2.45, 2.75) is 6.92 Å². The summed E-state index contributed by atoms with van der Waals surface area (Å²) in [5.41, 5.74) is -0.257. The second-order valence-electron chi connectivity index (χ2n) is 4.73. The van der Waals surface area contributed by atoms with E-state index >= 15 is 0 Å². The van der Waals surface area contributed by atoms with E-state index in [0.29, 0.717) is 16.5 Å². The molecule has 0 amide bonds. The van der Waals surface area contributed by atoms with Gasteiger partial charge in [0, 0.05) is 23.8 Å². The van der Waals surface area contributed by atoms with Crippen molar-refractivity contribution in [1.29, 1.82) is 0 Å². The largest absolute Gasteiger partial charge is 0.457 e. The maximum absolute atomic E-state index is 12.6. The molecular formula is C15H15ClNO5P. The smallest absolute Gasteiger partial charge is 0.282 e. The van der Waals surface area contributed by atoms with Gasteiger partial charge >= 0.3 is 0 Å². The van der Waals surface area contributed by atoms with E-state index in [9.17, 15) is 14.7 Å². The molecule has 2 rings (SSSR count). The minimum absolute atomic E-state index is 0.0239. The summed E-state index contributed by atoms with van der Waals surface area (Å²) in [6.07, 6.45) is 0. The van der Waals surface area contributed by atoms with Gasteiger partial charge in [-0.1, -0.05) is 11.6 Å². The number of ether oxygens (including phenoxy) is 1. The highest BCUT2D eigenvalue weighted by Gasteiger charge is 2.29. The number of benzene rings is 2. The van der Waals surface area contributed by atoms with Crippen molar-refractivity contribution in [3.8, 4) is 11.5 Å². The van der Waals surface area contributed by atoms with Gasteiger partial charge in [-0.2, -0.15) is 0 Å². The fourth-order valence-electron chi connectivity index (χ4n) is 2.00. The van der Waals surface area contributed by atoms with Crippen molar-refractivity contribution in [2.24, 2.45) is 0 Å². The van der Waals surface area contributed by atoms with Crippen molar-refractivity contribution >= 4 is 30.0 Å². The highest BCUT2D eigenvalue weighted by atomic mass is 35.5. The molecule has 8 heteroatoms. The molecule has 0 aromatic heterocycles. The maximum Gasteiger partial charge on any atom is 0.282 e. The van der Waals surface area contributed by atoms with Crippen LogP contribution in [-0.2, 0) is 9.09 Å². The average Bonchev–Trinajstić information content (AvgIpc) is 2.49. The van der Waals surface area contributed by atoms with Gasteiger partial charge in [0.1, 0.15) is 16.8 Å². The Bertz CT molecular complexity index is 763. The number of hydrogen-bond acceptors (Lipinski definition) is 5. The summed E-state index contributed by atoms with van der Waals surface area (Å²) in [4.78, 5) is 10.6. The lowest BCUT2D eigenvalue weighted by atomic mass is 10.3. The Morgan fingerprint density at radius 2 is 1.78 bits per heavy atom. The Morgan fingerprint density at radius 3 is 2.35 bits per heavy atom. The van der Waals surface area contributed by atoms with E-state index < -0.39 is 12.3 Å². The zero-order valence-corrected chi connectivity index (χ0v) is 14.2. The molecule has 1 atom stereocenters. The van der Waals surface area contributed by atoms with E-state index in [0.717, 1.165) is 0 Å². The van der Waals surface area contributed by atoms with Crippen molar-refractivity contribution in [3.05, 3.63) is 57.6 Å². The Kier molecular flexibility index (Phi) is 5.42. The summed E-state index contributed by atoms with van der Waals surface area (Å²) in [7, 11) is -3.32. The van der Waals surface area contributed by atoms with Gasteiger partial charge in [-0.25, -0.2) is 0 Å². The van der Waals surface area contributed by atoms with Crippen LogP contribution in [0.3, 0.4) is 0 Å². The van der Waals surface area contributed by atoms with Crippen LogP contribution in [-0.4, -0.2) is 18.2 Å². The number of nitro benzene ring substituents is 1. The summed E-state index contributed by atoms with van der Waals surface area (Å²) in [6, 6.07) is 10.7. The van der Waals surface area contributed by atoms with Crippen LogP contribution in [0.4, 0.5) is 5.69 Å². The second-order valence-corrected chi connectivity index (χ2v) is 7.60. The van der Waals surface area contributed by atoms with Gasteiger partial charge in [0.15, 0.2) is 0 Å². The average molecular weight is 356 g/mol. The van der Waals surface area contributed by atoms with Gasteiger partial charge in [0.2, 0.25) is 7.37 Å². The van der Waals surface area contributed by atoms with Crippen LogP contribution < -0.4 is 10.0 Å². The van der Waals surface area contributed by atoms with Gasteiger partial charge in [-0.05, 0) is 37.3 Å². The van der Waals surface area contributed by atoms with Gasteiger partial charge < -0.3 is 9.26 Å². The number of nitrogens with zero attached hydrogens (tertiary/aromatic N) is 1. The van der Waals surface area contributed by atoms with Gasteiger partial charge in [0.25, 0.3) is 5.69 Å². The number of rotatable bonds is 6. The molecule has 122 valence electrons. The molecule has 0 fully saturated rings. The molecule has 2 aromatic carbocycles. The number of nitro groups is 1. The molecule has 0 saturated carbocycles. The highest BCUT2D eigenvalue weighted by molar-refractivity contribution is 7.66. The van der Waals surface area contributed by atoms with Crippen molar-refractivity contribution < 1.29 is 18.7 Å². The zero-order valence-electron chi connectivity index (χ0n) is 12.6. The Labute approximate surface area is 138 Å². The van der Waals surface area contributed by atoms with Gasteiger partial charge in [-0.3, -0.25) is 14.7 Å². The van der Waals surface area contributed by atoms with E-state index in [1.165, 1.54) is 24.9 Å². The van der Waals surface area contributed by atoms with Crippen molar-refractivity contribution in [3.63, 3.8) is 0 Å². The zero-order chi connectivity index (χ0) is 17.0. The van der Waals surface area contributed by atoms with Crippen molar-refractivity contribution in [2.75, 3.05) is 13.3 Å². The third-order valence-corrected chi connectivity index (χ3v) is 5.24. The Morgan fingerprint density at radius 1 is 1.17 bits per heavy atom. The molecule has 6 nitrogen and oxygen atoms in total. The summed E-state index contributed by atoms with van der Waals surface area (Å²) in [6.45, 7) is 3.22. The molecule has 0 aliphatic rings. The topological polar surface area (TPSA) is 78.7 Å². The first-order valence-corrected chi connectivity index (χ1v) is 9.23. The van der Waals surface area contributed by atoms with E-state index in [1.807, 2.05) is 0 Å². The minimum atomic E-state index is -3.32. The predicted octanol–water partition coefficient (Wildman–Crippen LogP) is 4.61. The van der Waals surface area contributed by atoms with Crippen LogP contribution >= 0.6 is 19.0 Å². The van der Waals surface area contributed by atoms with Crippen LogP contribution in [0.15, 0.2) is 42.5 Å². The van der Waals surface area contributed by atoms with E-state index in [4.69, 9.17) is 20.9 Å². The summed E-state index contributed by atoms with van der Waals surface area (Å²) in [5, 5.41) is 11.7. The molecule has 0 N–H and O–H groups in total. The van der Waals surface area contributed by atoms with Gasteiger partial charge in [0.05, 0.1) is 11.5 Å². The van der Waals surface area contributed by atoms with Crippen molar-refractivity contribution in [1.82, 2.24) is 0 Å². The third-order valence-electron chi connectivity index (χ3n) is 3.01. The van der Waals surface area contributed by atoms with Crippen LogP contribution in [0.2, 0.25) is 5.02 Å². The molecule has 2 aromatic rings. The molecule has 0 heterocycles. The summed E-state index contributed by atoms with van der Waals surface area (Å²) in [5.74, 6) is 0.839. The Balaban J connectivity index is 2.41. The van der Waals surface area contributed by atoms with Crippen LogP contribution in [0, 0.1) is 10.1 Å². The first-order chi connectivity index (χ1) is 10.8. The summed E-state index contributed by atoms with van der Waals surface area (Å²) < 4.78 is 23.4. The van der Waals surface area contributed by atoms with E-state index in [-0.39, 0.29) is 17.6 Å². The lowest BCUT2D eigenvalue weighted by Crippen LogP contribution is -2.12. The standard InChI is InChI=1S/C15H15ClNO5P/c1-3-21-23(2,20)15-10-13(8-9-14(15)17(18)19)22-12-6-4-11(16)5-7-12/h4-10H,3H2,1-2H3. The fraction of sp³-hybridized carbons (Fsp3) is 0.200. The van der Waals surface area contributed by atoms with E-state index in [2.05, 4.69) is 0 Å². The molecule has 0 saturated heterocycles. The molecular weight excluding hydrogens is 341 g/mol. The minimum Gasteiger partial charge on any atom is -0.457 e. The Hall–Kier alpha value is -1.88. The van der Waals surface area contributed by atoms with Crippen LogP contribution in [0.1, 0.15) is 6.92 Å². The molecule has 0 radical (unpaired) electrons. The lowest BCUT2D eigenvalue weighted by molar-refractivity contribution is -0.383. The number of hydrogen-bond donors (Lipinski definition) is 0. The normalized spacial score (nSPS) is 13.3. The molecule has 1 unspecified atom stereocenters. The SMILES string of the molecule is CCOP(C)(=O)c1cc(Oc2ccc(Cl)cc2)ccc1[N+](=O)[O-]. The fourth-order valence-corrected chi connectivity index (χ4v) is 3.69. The first-order valence-electron chi connectivity index (χ1n) is 6.78.